The third-order valence-corrected chi connectivity index (χ3v) is 2.68. The zero-order valence-electron chi connectivity index (χ0n) is 10.6. The van der Waals surface area contributed by atoms with Crippen LogP contribution in [0.3, 0.4) is 0 Å². The Bertz CT molecular complexity index is 258. The average Bonchev–Trinajstić information content (AvgIpc) is 2.31. The number of carboxylic acids is 1. The van der Waals surface area contributed by atoms with Crippen LogP contribution in [0.25, 0.3) is 0 Å². The number of urea groups is 1. The summed E-state index contributed by atoms with van der Waals surface area (Å²) in [5.41, 5.74) is 0. The van der Waals surface area contributed by atoms with Gasteiger partial charge in [0.25, 0.3) is 0 Å². The molecule has 0 saturated carbocycles. The van der Waals surface area contributed by atoms with Gasteiger partial charge in [-0.05, 0) is 12.8 Å². The Morgan fingerprint density at radius 1 is 1.35 bits per heavy atom. The molecule has 0 heterocycles. The van der Waals surface area contributed by atoms with Crippen molar-refractivity contribution in [2.45, 2.75) is 33.2 Å². The number of amides is 2. The summed E-state index contributed by atoms with van der Waals surface area (Å²) < 4.78 is 0. The fourth-order valence-corrected chi connectivity index (χ4v) is 1.29. The highest BCUT2D eigenvalue weighted by Crippen LogP contribution is 2.04. The lowest BCUT2D eigenvalue weighted by Crippen LogP contribution is -2.50. The number of aliphatic carboxylic acids is 1. The number of rotatable bonds is 7. The van der Waals surface area contributed by atoms with Crippen LogP contribution in [0.5, 0.6) is 0 Å². The van der Waals surface area contributed by atoms with Crippen molar-refractivity contribution in [1.82, 2.24) is 10.2 Å². The van der Waals surface area contributed by atoms with E-state index < -0.39 is 24.6 Å². The van der Waals surface area contributed by atoms with Crippen molar-refractivity contribution in [2.75, 3.05) is 19.7 Å². The van der Waals surface area contributed by atoms with Crippen molar-refractivity contribution in [2.24, 2.45) is 5.92 Å². The van der Waals surface area contributed by atoms with E-state index in [0.717, 1.165) is 6.42 Å². The first-order valence-electron chi connectivity index (χ1n) is 5.85. The summed E-state index contributed by atoms with van der Waals surface area (Å²) in [6.07, 6.45) is 0.951. The maximum absolute atomic E-state index is 11.7. The predicted octanol–water partition coefficient (Wildman–Crippen LogP) is 0.509. The fraction of sp³-hybridized carbons (Fsp3) is 0.818. The average molecular weight is 246 g/mol. The Morgan fingerprint density at radius 2 is 1.94 bits per heavy atom. The number of carbonyl (C=O) groups is 2. The fourth-order valence-electron chi connectivity index (χ4n) is 1.29. The number of aliphatic hydroxyl groups is 1. The van der Waals surface area contributed by atoms with Gasteiger partial charge in [0, 0.05) is 13.1 Å². The van der Waals surface area contributed by atoms with E-state index in [4.69, 9.17) is 10.2 Å². The van der Waals surface area contributed by atoms with Gasteiger partial charge in [0.2, 0.25) is 0 Å². The number of hydrogen-bond donors (Lipinski definition) is 3. The van der Waals surface area contributed by atoms with E-state index in [1.54, 1.807) is 4.90 Å². The molecule has 2 amide bonds. The Labute approximate surface area is 102 Å². The van der Waals surface area contributed by atoms with Gasteiger partial charge in [0.15, 0.2) is 6.04 Å². The Morgan fingerprint density at radius 3 is 2.29 bits per heavy atom. The first kappa shape index (κ1) is 15.7. The molecule has 0 aliphatic carbocycles. The molecule has 6 nitrogen and oxygen atoms in total. The van der Waals surface area contributed by atoms with Gasteiger partial charge in [-0.25, -0.2) is 9.59 Å². The van der Waals surface area contributed by atoms with Gasteiger partial charge in [-0.15, -0.1) is 0 Å². The number of nitrogens with zero attached hydrogens (tertiary/aromatic N) is 1. The van der Waals surface area contributed by atoms with Gasteiger partial charge in [-0.3, -0.25) is 0 Å². The maximum atomic E-state index is 11.7. The maximum Gasteiger partial charge on any atom is 0.328 e. The van der Waals surface area contributed by atoms with Gasteiger partial charge in [-0.2, -0.15) is 0 Å². The Kier molecular flexibility index (Phi) is 7.29. The third-order valence-electron chi connectivity index (χ3n) is 2.68. The van der Waals surface area contributed by atoms with Crippen molar-refractivity contribution >= 4 is 12.0 Å². The molecule has 0 rings (SSSR count). The predicted molar refractivity (Wildman–Crippen MR) is 63.7 cm³/mol. The molecule has 0 aliphatic rings. The molecule has 0 aromatic carbocycles. The van der Waals surface area contributed by atoms with Crippen LogP contribution in [0, 0.1) is 5.92 Å². The second-order valence-corrected chi connectivity index (χ2v) is 4.07. The second-order valence-electron chi connectivity index (χ2n) is 4.07. The SMILES string of the molecule is CCC(C)CN(CC)C(=O)NC(CO)C(=O)O. The monoisotopic (exact) mass is 246 g/mol. The largest absolute Gasteiger partial charge is 0.480 e. The normalized spacial score (nSPS) is 13.9. The van der Waals surface area contributed by atoms with Crippen LogP contribution in [0.1, 0.15) is 27.2 Å². The quantitative estimate of drug-likeness (QED) is 0.610. The van der Waals surface area contributed by atoms with Crippen molar-refractivity contribution in [3.8, 4) is 0 Å². The highest BCUT2D eigenvalue weighted by molar-refractivity contribution is 5.82. The summed E-state index contributed by atoms with van der Waals surface area (Å²) in [5.74, 6) is -0.876. The second kappa shape index (κ2) is 7.89. The summed E-state index contributed by atoms with van der Waals surface area (Å²) in [7, 11) is 0. The highest BCUT2D eigenvalue weighted by atomic mass is 16.4. The first-order chi connectivity index (χ1) is 7.96. The van der Waals surface area contributed by atoms with Crippen LogP contribution in [-0.4, -0.2) is 52.9 Å². The molecule has 2 unspecified atom stereocenters. The summed E-state index contributed by atoms with van der Waals surface area (Å²) in [4.78, 5) is 23.9. The van der Waals surface area contributed by atoms with Crippen molar-refractivity contribution in [1.29, 1.82) is 0 Å². The molecule has 6 heteroatoms. The number of carboxylic acid groups (broad SMARTS) is 1. The van der Waals surface area contributed by atoms with Gasteiger partial charge in [0.1, 0.15) is 0 Å². The molecule has 17 heavy (non-hydrogen) atoms. The zero-order chi connectivity index (χ0) is 13.4. The van der Waals surface area contributed by atoms with Crippen molar-refractivity contribution in [3.63, 3.8) is 0 Å². The lowest BCUT2D eigenvalue weighted by Gasteiger charge is -2.25. The lowest BCUT2D eigenvalue weighted by molar-refractivity contribution is -0.140. The van der Waals surface area contributed by atoms with E-state index in [9.17, 15) is 9.59 Å². The van der Waals surface area contributed by atoms with Crippen LogP contribution >= 0.6 is 0 Å². The van der Waals surface area contributed by atoms with Gasteiger partial charge >= 0.3 is 12.0 Å². The molecule has 0 aromatic rings. The Hall–Kier alpha value is -1.30. The minimum Gasteiger partial charge on any atom is -0.480 e. The molecule has 0 radical (unpaired) electrons. The molecular weight excluding hydrogens is 224 g/mol. The molecule has 0 spiro atoms. The van der Waals surface area contributed by atoms with Crippen molar-refractivity contribution in [3.05, 3.63) is 0 Å². The number of aliphatic hydroxyl groups excluding tert-OH is 1. The van der Waals surface area contributed by atoms with E-state index in [1.165, 1.54) is 0 Å². The molecule has 0 aromatic heterocycles. The summed E-state index contributed by atoms with van der Waals surface area (Å²) in [5, 5.41) is 19.8. The van der Waals surface area contributed by atoms with Crippen molar-refractivity contribution < 1.29 is 19.8 Å². The van der Waals surface area contributed by atoms with E-state index in [0.29, 0.717) is 19.0 Å². The van der Waals surface area contributed by atoms with E-state index in [2.05, 4.69) is 5.32 Å². The molecule has 0 bridgehead atoms. The highest BCUT2D eigenvalue weighted by Gasteiger charge is 2.22. The molecule has 3 N–H and O–H groups in total. The van der Waals surface area contributed by atoms with Gasteiger partial charge < -0.3 is 20.4 Å². The smallest absolute Gasteiger partial charge is 0.328 e. The molecule has 0 saturated heterocycles. The summed E-state index contributed by atoms with van der Waals surface area (Å²) in [6.45, 7) is 6.37. The van der Waals surface area contributed by atoms with Gasteiger partial charge in [0.05, 0.1) is 6.61 Å². The lowest BCUT2D eigenvalue weighted by atomic mass is 10.1. The van der Waals surface area contributed by atoms with Crippen LogP contribution in [0.4, 0.5) is 4.79 Å². The number of carbonyl (C=O) groups excluding carboxylic acids is 1. The molecule has 0 aliphatic heterocycles. The third kappa shape index (κ3) is 5.53. The van der Waals surface area contributed by atoms with E-state index in [-0.39, 0.29) is 0 Å². The first-order valence-corrected chi connectivity index (χ1v) is 5.85. The summed E-state index contributed by atoms with van der Waals surface area (Å²) >= 11 is 0. The number of nitrogens with one attached hydrogen (secondary N) is 1. The van der Waals surface area contributed by atoms with E-state index >= 15 is 0 Å². The molecule has 2 atom stereocenters. The van der Waals surface area contributed by atoms with Crippen LogP contribution in [-0.2, 0) is 4.79 Å². The molecular formula is C11H22N2O4. The standard InChI is InChI=1S/C11H22N2O4/c1-4-8(3)6-13(5-2)11(17)12-9(7-14)10(15)16/h8-9,14H,4-7H2,1-3H3,(H,12,17)(H,15,16). The Balaban J connectivity index is 4.38. The molecule has 0 fully saturated rings. The van der Waals surface area contributed by atoms with E-state index in [1.807, 2.05) is 20.8 Å². The van der Waals surface area contributed by atoms with Gasteiger partial charge in [-0.1, -0.05) is 20.3 Å². The number of hydrogen-bond acceptors (Lipinski definition) is 3. The minimum atomic E-state index is -1.24. The summed E-state index contributed by atoms with van der Waals surface area (Å²) in [6, 6.07) is -1.69. The van der Waals surface area contributed by atoms with Crippen LogP contribution in [0.2, 0.25) is 0 Å². The molecule has 100 valence electrons. The van der Waals surface area contributed by atoms with Crippen LogP contribution in [0.15, 0.2) is 0 Å². The zero-order valence-corrected chi connectivity index (χ0v) is 10.6. The topological polar surface area (TPSA) is 89.9 Å². The minimum absolute atomic E-state index is 0.359. The van der Waals surface area contributed by atoms with Crippen LogP contribution < -0.4 is 5.32 Å².